The van der Waals surface area contributed by atoms with Crippen molar-refractivity contribution in [1.82, 2.24) is 0 Å². The Balaban J connectivity index is 1.93. The van der Waals surface area contributed by atoms with E-state index in [1.54, 1.807) is 32.0 Å². The monoisotopic (exact) mass is 294 g/mol. The maximum Gasteiger partial charge on any atom is 0.320 e. The van der Waals surface area contributed by atoms with Gasteiger partial charge in [0.2, 0.25) is 11.7 Å². The molecule has 0 fully saturated rings. The van der Waals surface area contributed by atoms with Crippen molar-refractivity contribution in [2.75, 3.05) is 5.32 Å². The van der Waals surface area contributed by atoms with Crippen molar-refractivity contribution >= 4 is 17.6 Å². The lowest BCUT2D eigenvalue weighted by atomic mass is 10.1. The summed E-state index contributed by atoms with van der Waals surface area (Å²) in [7, 11) is 0. The third-order valence-electron chi connectivity index (χ3n) is 2.94. The number of carbonyl (C=O) groups is 2. The van der Waals surface area contributed by atoms with Crippen LogP contribution in [0.5, 0.6) is 11.5 Å². The first-order chi connectivity index (χ1) is 9.77. The van der Waals surface area contributed by atoms with Gasteiger partial charge in [0, 0.05) is 32.0 Å². The molecule has 1 amide bonds. The second kappa shape index (κ2) is 5.61. The van der Waals surface area contributed by atoms with E-state index in [-0.39, 0.29) is 18.7 Å². The van der Waals surface area contributed by atoms with Gasteiger partial charge in [-0.2, -0.15) is 0 Å². The second-order valence-corrected chi connectivity index (χ2v) is 5.30. The van der Waals surface area contributed by atoms with Gasteiger partial charge in [0.1, 0.15) is 6.04 Å². The van der Waals surface area contributed by atoms with Gasteiger partial charge in [-0.05, 0) is 18.6 Å². The number of amides is 1. The molecule has 0 saturated carbocycles. The molecule has 21 heavy (non-hydrogen) atoms. The van der Waals surface area contributed by atoms with Gasteiger partial charge in [0.15, 0.2) is 11.5 Å². The Morgan fingerprint density at radius 1 is 1.33 bits per heavy atom. The number of ether oxygens (including phenoxy) is 2. The molecule has 1 aliphatic heterocycles. The van der Waals surface area contributed by atoms with Gasteiger partial charge in [-0.15, -0.1) is 0 Å². The molecule has 1 aromatic carbocycles. The van der Waals surface area contributed by atoms with Gasteiger partial charge in [-0.1, -0.05) is 0 Å². The fourth-order valence-electron chi connectivity index (χ4n) is 1.93. The van der Waals surface area contributed by atoms with E-state index in [1.807, 2.05) is 0 Å². The number of carbonyl (C=O) groups excluding carboxylic acids is 1. The fourth-order valence-corrected chi connectivity index (χ4v) is 1.93. The van der Waals surface area contributed by atoms with E-state index in [0.717, 1.165) is 0 Å². The highest BCUT2D eigenvalue weighted by molar-refractivity contribution is 5.91. The summed E-state index contributed by atoms with van der Waals surface area (Å²) in [6, 6.07) is 4.04. The molecule has 1 aliphatic rings. The minimum absolute atomic E-state index is 0.0351. The predicted octanol–water partition coefficient (Wildman–Crippen LogP) is 1.32. The Hall–Kier alpha value is -2.28. The molecular formula is C14H18N2O5. The molecule has 0 saturated heterocycles. The highest BCUT2D eigenvalue weighted by atomic mass is 16.7. The van der Waals surface area contributed by atoms with Crippen LogP contribution in [-0.4, -0.2) is 28.8 Å². The number of hydrogen-bond acceptors (Lipinski definition) is 5. The zero-order valence-electron chi connectivity index (χ0n) is 11.9. The zero-order valence-corrected chi connectivity index (χ0v) is 11.9. The number of hydrogen-bond donors (Lipinski definition) is 3. The first kappa shape index (κ1) is 15.1. The van der Waals surface area contributed by atoms with Crippen LogP contribution in [0.2, 0.25) is 0 Å². The summed E-state index contributed by atoms with van der Waals surface area (Å²) in [5, 5.41) is 11.3. The van der Waals surface area contributed by atoms with Crippen molar-refractivity contribution in [3.8, 4) is 11.5 Å². The van der Waals surface area contributed by atoms with Gasteiger partial charge in [0.05, 0.1) is 0 Å². The molecule has 2 rings (SSSR count). The number of benzene rings is 1. The largest absolute Gasteiger partial charge is 0.480 e. The zero-order chi connectivity index (χ0) is 15.6. The van der Waals surface area contributed by atoms with E-state index in [0.29, 0.717) is 17.2 Å². The summed E-state index contributed by atoms with van der Waals surface area (Å²) in [6.45, 7) is 3.58. The Bertz CT molecular complexity index is 570. The summed E-state index contributed by atoms with van der Waals surface area (Å²) in [5.74, 6) is -0.969. The molecule has 1 aromatic rings. The lowest BCUT2D eigenvalue weighted by Crippen LogP contribution is -2.31. The number of anilines is 1. The lowest BCUT2D eigenvalue weighted by Gasteiger charge is -2.16. The molecular weight excluding hydrogens is 276 g/mol. The summed E-state index contributed by atoms with van der Waals surface area (Å²) >= 11 is 0. The molecule has 7 heteroatoms. The predicted molar refractivity (Wildman–Crippen MR) is 75.3 cm³/mol. The molecule has 114 valence electrons. The van der Waals surface area contributed by atoms with Crippen LogP contribution in [0.15, 0.2) is 18.2 Å². The number of carboxylic acids is 1. The van der Waals surface area contributed by atoms with Crippen LogP contribution in [0.4, 0.5) is 5.69 Å². The molecule has 0 unspecified atom stereocenters. The molecule has 7 nitrogen and oxygen atoms in total. The van der Waals surface area contributed by atoms with E-state index >= 15 is 0 Å². The molecule has 4 N–H and O–H groups in total. The Labute approximate surface area is 122 Å². The summed E-state index contributed by atoms with van der Waals surface area (Å²) in [4.78, 5) is 22.3. The SMILES string of the molecule is CC1(C)Oc2ccc(NC(=O)CC[C@@H](N)C(=O)O)cc2O1. The van der Waals surface area contributed by atoms with Crippen molar-refractivity contribution in [3.05, 3.63) is 18.2 Å². The minimum Gasteiger partial charge on any atom is -0.480 e. The van der Waals surface area contributed by atoms with Gasteiger partial charge in [-0.3, -0.25) is 9.59 Å². The summed E-state index contributed by atoms with van der Waals surface area (Å²) < 4.78 is 11.1. The van der Waals surface area contributed by atoms with E-state index in [2.05, 4.69) is 5.32 Å². The highest BCUT2D eigenvalue weighted by Gasteiger charge is 2.31. The van der Waals surface area contributed by atoms with Crippen LogP contribution >= 0.6 is 0 Å². The van der Waals surface area contributed by atoms with Gasteiger partial charge < -0.3 is 25.6 Å². The van der Waals surface area contributed by atoms with E-state index < -0.39 is 17.8 Å². The molecule has 0 spiro atoms. The van der Waals surface area contributed by atoms with Crippen LogP contribution < -0.4 is 20.5 Å². The molecule has 1 heterocycles. The van der Waals surface area contributed by atoms with Gasteiger partial charge in [-0.25, -0.2) is 0 Å². The average Bonchev–Trinajstić information content (AvgIpc) is 2.68. The molecule has 0 radical (unpaired) electrons. The normalized spacial score (nSPS) is 16.3. The van der Waals surface area contributed by atoms with Crippen molar-refractivity contribution < 1.29 is 24.2 Å². The number of carboxylic acid groups (broad SMARTS) is 1. The molecule has 1 atom stereocenters. The Kier molecular flexibility index (Phi) is 4.04. The number of fused-ring (bicyclic) bond motifs is 1. The highest BCUT2D eigenvalue weighted by Crippen LogP contribution is 2.40. The second-order valence-electron chi connectivity index (χ2n) is 5.30. The summed E-state index contributed by atoms with van der Waals surface area (Å²) in [6.07, 6.45) is 0.117. The van der Waals surface area contributed by atoms with Crippen molar-refractivity contribution in [2.45, 2.75) is 38.5 Å². The van der Waals surface area contributed by atoms with E-state index in [4.69, 9.17) is 20.3 Å². The number of rotatable bonds is 5. The first-order valence-corrected chi connectivity index (χ1v) is 6.57. The van der Waals surface area contributed by atoms with Crippen molar-refractivity contribution in [3.63, 3.8) is 0 Å². The maximum atomic E-state index is 11.7. The van der Waals surface area contributed by atoms with Crippen molar-refractivity contribution in [2.24, 2.45) is 5.73 Å². The first-order valence-electron chi connectivity index (χ1n) is 6.57. The lowest BCUT2D eigenvalue weighted by molar-refractivity contribution is -0.138. The van der Waals surface area contributed by atoms with Crippen LogP contribution in [0.1, 0.15) is 26.7 Å². The Morgan fingerprint density at radius 2 is 2.00 bits per heavy atom. The molecule has 0 aromatic heterocycles. The van der Waals surface area contributed by atoms with Gasteiger partial charge in [0.25, 0.3) is 0 Å². The van der Waals surface area contributed by atoms with Crippen LogP contribution in [0.3, 0.4) is 0 Å². The maximum absolute atomic E-state index is 11.7. The smallest absolute Gasteiger partial charge is 0.320 e. The third kappa shape index (κ3) is 3.85. The quantitative estimate of drug-likeness (QED) is 0.755. The number of nitrogens with two attached hydrogens (primary N) is 1. The minimum atomic E-state index is -1.12. The Morgan fingerprint density at radius 3 is 2.67 bits per heavy atom. The average molecular weight is 294 g/mol. The summed E-state index contributed by atoms with van der Waals surface area (Å²) in [5.41, 5.74) is 5.90. The van der Waals surface area contributed by atoms with E-state index in [1.165, 1.54) is 0 Å². The van der Waals surface area contributed by atoms with Crippen LogP contribution in [-0.2, 0) is 9.59 Å². The number of aliphatic carboxylic acids is 1. The topological polar surface area (TPSA) is 111 Å². The number of nitrogens with one attached hydrogen (secondary N) is 1. The third-order valence-corrected chi connectivity index (χ3v) is 2.94. The molecule has 0 bridgehead atoms. The van der Waals surface area contributed by atoms with E-state index in [9.17, 15) is 9.59 Å². The van der Waals surface area contributed by atoms with Gasteiger partial charge >= 0.3 is 5.97 Å². The van der Waals surface area contributed by atoms with Crippen LogP contribution in [0, 0.1) is 0 Å². The fraction of sp³-hybridized carbons (Fsp3) is 0.429. The molecule has 0 aliphatic carbocycles. The van der Waals surface area contributed by atoms with Crippen molar-refractivity contribution in [1.29, 1.82) is 0 Å². The van der Waals surface area contributed by atoms with Crippen LogP contribution in [0.25, 0.3) is 0 Å². The standard InChI is InChI=1S/C14H18N2O5/c1-14(2)20-10-5-3-8(7-11(10)21-14)16-12(17)6-4-9(15)13(18)19/h3,5,7,9H,4,6,15H2,1-2H3,(H,16,17)(H,18,19)/t9-/m1/s1.